The number of aromatic nitrogens is 5. The van der Waals surface area contributed by atoms with E-state index in [0.717, 1.165) is 40.1 Å². The zero-order valence-electron chi connectivity index (χ0n) is 19.8. The molecule has 1 amide bonds. The number of fused-ring (bicyclic) bond motifs is 1. The second-order valence-corrected chi connectivity index (χ2v) is 9.32. The van der Waals surface area contributed by atoms with Crippen molar-refractivity contribution >= 4 is 28.8 Å². The van der Waals surface area contributed by atoms with E-state index in [9.17, 15) is 9.18 Å². The molecule has 5 rings (SSSR count). The Morgan fingerprint density at radius 3 is 2.81 bits per heavy atom. The van der Waals surface area contributed by atoms with Gasteiger partial charge in [0.05, 0.1) is 23.7 Å². The second-order valence-electron chi connectivity index (χ2n) is 8.30. The average molecular weight is 511 g/mol. The molecule has 0 aliphatic rings. The number of nitrogens with one attached hydrogen (secondary N) is 3. The van der Waals surface area contributed by atoms with Crippen LogP contribution in [-0.4, -0.2) is 37.6 Å². The molecule has 0 saturated heterocycles. The van der Waals surface area contributed by atoms with Gasteiger partial charge in [-0.15, -0.1) is 11.8 Å². The minimum atomic E-state index is -0.311. The molecule has 37 heavy (non-hydrogen) atoms. The van der Waals surface area contributed by atoms with Crippen molar-refractivity contribution in [3.05, 3.63) is 107 Å². The molecule has 184 valence electrons. The molecular weight excluding hydrogens is 487 g/mol. The number of rotatable bonds is 8. The van der Waals surface area contributed by atoms with Gasteiger partial charge in [0, 0.05) is 40.1 Å². The molecule has 3 aromatic heterocycles. The number of aryl methyl sites for hydroxylation is 1. The van der Waals surface area contributed by atoms with Gasteiger partial charge < -0.3 is 10.3 Å². The number of imidazole rings is 1. The number of hydrogen-bond donors (Lipinski definition) is 3. The molecule has 0 saturated carbocycles. The van der Waals surface area contributed by atoms with Crippen LogP contribution in [0.25, 0.3) is 11.2 Å². The van der Waals surface area contributed by atoms with E-state index in [1.165, 1.54) is 12.1 Å². The Bertz CT molecular complexity index is 1570. The smallest absolute Gasteiger partial charge is 0.251 e. The summed E-state index contributed by atoms with van der Waals surface area (Å²) in [4.78, 5) is 25.6. The molecule has 0 aliphatic carbocycles. The zero-order valence-corrected chi connectivity index (χ0v) is 20.6. The van der Waals surface area contributed by atoms with E-state index < -0.39 is 0 Å². The fourth-order valence-corrected chi connectivity index (χ4v) is 4.57. The van der Waals surface area contributed by atoms with E-state index in [4.69, 9.17) is 0 Å². The van der Waals surface area contributed by atoms with Crippen molar-refractivity contribution in [2.24, 2.45) is 0 Å². The number of carbonyl (C=O) groups is 1. The van der Waals surface area contributed by atoms with Crippen molar-refractivity contribution in [3.63, 3.8) is 0 Å². The Morgan fingerprint density at radius 1 is 1.08 bits per heavy atom. The van der Waals surface area contributed by atoms with Gasteiger partial charge >= 0.3 is 0 Å². The maximum absolute atomic E-state index is 13.3. The lowest BCUT2D eigenvalue weighted by Gasteiger charge is -2.09. The molecule has 9 heteroatoms. The molecular formula is C28H23FN6OS. The third-order valence-electron chi connectivity index (χ3n) is 5.63. The Morgan fingerprint density at radius 2 is 1.97 bits per heavy atom. The monoisotopic (exact) mass is 510 g/mol. The third-order valence-corrected chi connectivity index (χ3v) is 6.73. The van der Waals surface area contributed by atoms with Gasteiger partial charge in [0.1, 0.15) is 5.82 Å². The molecule has 0 spiro atoms. The fourth-order valence-electron chi connectivity index (χ4n) is 3.67. The van der Waals surface area contributed by atoms with Crippen LogP contribution in [0, 0.1) is 17.7 Å². The number of benzene rings is 2. The topological polar surface area (TPSA) is 99.3 Å². The zero-order chi connectivity index (χ0) is 25.5. The first-order chi connectivity index (χ1) is 18.1. The summed E-state index contributed by atoms with van der Waals surface area (Å²) in [6, 6.07) is 15.5. The predicted octanol–water partition coefficient (Wildman–Crippen LogP) is 4.87. The van der Waals surface area contributed by atoms with Crippen LogP contribution in [0.1, 0.15) is 39.2 Å². The van der Waals surface area contributed by atoms with Gasteiger partial charge in [-0.05, 0) is 73.0 Å². The molecule has 0 aliphatic heterocycles. The summed E-state index contributed by atoms with van der Waals surface area (Å²) in [5, 5.41) is 9.70. The van der Waals surface area contributed by atoms with Gasteiger partial charge in [-0.1, -0.05) is 11.8 Å². The number of aromatic amines is 2. The number of hydrogen-bond acceptors (Lipinski definition) is 5. The molecule has 0 atom stereocenters. The van der Waals surface area contributed by atoms with Gasteiger partial charge in [0.25, 0.3) is 5.91 Å². The van der Waals surface area contributed by atoms with E-state index in [0.29, 0.717) is 29.1 Å². The normalized spacial score (nSPS) is 10.7. The number of carbonyl (C=O) groups excluding carboxylic acids is 1. The van der Waals surface area contributed by atoms with Gasteiger partial charge in [-0.3, -0.25) is 9.89 Å². The molecule has 3 heterocycles. The molecule has 3 N–H and O–H groups in total. The fraction of sp³-hybridized carbons (Fsp3) is 0.143. The van der Waals surface area contributed by atoms with Crippen LogP contribution in [0.5, 0.6) is 0 Å². The Balaban J connectivity index is 1.32. The van der Waals surface area contributed by atoms with Crippen LogP contribution in [0.4, 0.5) is 4.39 Å². The number of pyridine rings is 1. The Hall–Kier alpha value is -4.42. The van der Waals surface area contributed by atoms with Crippen molar-refractivity contribution in [1.82, 2.24) is 30.5 Å². The van der Waals surface area contributed by atoms with E-state index in [1.54, 1.807) is 48.6 Å². The maximum Gasteiger partial charge on any atom is 0.251 e. The van der Waals surface area contributed by atoms with E-state index >= 15 is 0 Å². The molecule has 0 fully saturated rings. The van der Waals surface area contributed by atoms with Crippen molar-refractivity contribution in [2.75, 3.05) is 6.54 Å². The number of nitrogens with zero attached hydrogens (tertiary/aromatic N) is 3. The van der Waals surface area contributed by atoms with Crippen molar-refractivity contribution in [3.8, 4) is 11.8 Å². The van der Waals surface area contributed by atoms with Crippen LogP contribution in [-0.2, 0) is 12.2 Å². The summed E-state index contributed by atoms with van der Waals surface area (Å²) in [6.07, 6.45) is 6.90. The lowest BCUT2D eigenvalue weighted by atomic mass is 10.1. The second kappa shape index (κ2) is 11.5. The number of amides is 1. The highest BCUT2D eigenvalue weighted by atomic mass is 32.2. The third kappa shape index (κ3) is 6.42. The molecule has 0 bridgehead atoms. The van der Waals surface area contributed by atoms with Crippen molar-refractivity contribution < 1.29 is 9.18 Å². The molecule has 0 radical (unpaired) electrons. The first kappa shape index (κ1) is 24.3. The highest BCUT2D eigenvalue weighted by Gasteiger charge is 2.11. The minimum absolute atomic E-state index is 0.153. The Kier molecular flexibility index (Phi) is 7.58. The van der Waals surface area contributed by atoms with E-state index in [1.807, 2.05) is 24.4 Å². The van der Waals surface area contributed by atoms with E-state index in [2.05, 4.69) is 42.3 Å². The molecule has 5 aromatic rings. The van der Waals surface area contributed by atoms with Gasteiger partial charge in [-0.25, -0.2) is 14.4 Å². The van der Waals surface area contributed by atoms with Crippen LogP contribution in [0.2, 0.25) is 0 Å². The highest BCUT2D eigenvalue weighted by molar-refractivity contribution is 7.98. The summed E-state index contributed by atoms with van der Waals surface area (Å²) in [5.74, 6) is 6.41. The van der Waals surface area contributed by atoms with Crippen LogP contribution >= 0.6 is 11.8 Å². The molecule has 0 unspecified atom stereocenters. The lowest BCUT2D eigenvalue weighted by Crippen LogP contribution is -2.24. The molecule has 7 nitrogen and oxygen atoms in total. The summed E-state index contributed by atoms with van der Waals surface area (Å²) in [6.45, 7) is 0.554. The minimum Gasteiger partial charge on any atom is -0.352 e. The number of H-pyrrole nitrogens is 2. The standard InChI is InChI=1S/C28H23FN6OS/c29-23-8-4-19(5-9-23)3-6-21-14-22(28(36)30-13-1-2-20-15-33-34-16-20)7-12-26(21)37-17-24-10-11-25-27(35-24)32-18-31-25/h4-5,7-12,14-16,18H,1-2,13,17H2,(H,30,36)(H,33,34)(H,31,32,35). The summed E-state index contributed by atoms with van der Waals surface area (Å²) in [7, 11) is 0. The number of thioether (sulfide) groups is 1. The quantitative estimate of drug-likeness (QED) is 0.157. The summed E-state index contributed by atoms with van der Waals surface area (Å²) >= 11 is 1.59. The first-order valence-electron chi connectivity index (χ1n) is 11.7. The van der Waals surface area contributed by atoms with Crippen molar-refractivity contribution in [1.29, 1.82) is 0 Å². The summed E-state index contributed by atoms with van der Waals surface area (Å²) in [5.41, 5.74) is 5.51. The first-order valence-corrected chi connectivity index (χ1v) is 12.7. The van der Waals surface area contributed by atoms with Gasteiger partial charge in [0.15, 0.2) is 5.65 Å². The predicted molar refractivity (Wildman–Crippen MR) is 142 cm³/mol. The average Bonchev–Trinajstić information content (AvgIpc) is 3.61. The van der Waals surface area contributed by atoms with Crippen molar-refractivity contribution in [2.45, 2.75) is 23.5 Å². The van der Waals surface area contributed by atoms with Gasteiger partial charge in [0.2, 0.25) is 0 Å². The number of halogens is 1. The highest BCUT2D eigenvalue weighted by Crippen LogP contribution is 2.27. The lowest BCUT2D eigenvalue weighted by molar-refractivity contribution is 0.0953. The Labute approximate surface area is 217 Å². The van der Waals surface area contributed by atoms with Crippen LogP contribution in [0.3, 0.4) is 0 Å². The van der Waals surface area contributed by atoms with Gasteiger partial charge in [-0.2, -0.15) is 5.10 Å². The van der Waals surface area contributed by atoms with E-state index in [-0.39, 0.29) is 11.7 Å². The largest absolute Gasteiger partial charge is 0.352 e. The van der Waals surface area contributed by atoms with Crippen LogP contribution < -0.4 is 5.32 Å². The molecule has 2 aromatic carbocycles. The summed E-state index contributed by atoms with van der Waals surface area (Å²) < 4.78 is 13.3. The van der Waals surface area contributed by atoms with Crippen LogP contribution in [0.15, 0.2) is 78.2 Å². The maximum atomic E-state index is 13.3. The SMILES string of the molecule is O=C(NCCCc1cn[nH]c1)c1ccc(SCc2ccc3[nH]cnc3n2)c(C#Cc2ccc(F)cc2)c1.